The lowest BCUT2D eigenvalue weighted by Crippen LogP contribution is -2.41. The first-order valence-corrected chi connectivity index (χ1v) is 13.4. The molecule has 0 aliphatic heterocycles. The zero-order valence-corrected chi connectivity index (χ0v) is 22.3. The molecule has 0 aromatic rings. The molecule has 32 heavy (non-hydrogen) atoms. The third kappa shape index (κ3) is 19.2. The Morgan fingerprint density at radius 1 is 0.844 bits per heavy atom. The van der Waals surface area contributed by atoms with Crippen LogP contribution in [0.2, 0.25) is 0 Å². The lowest BCUT2D eigenvalue weighted by atomic mass is 10.0. The van der Waals surface area contributed by atoms with E-state index < -0.39 is 6.04 Å². The third-order valence-corrected chi connectivity index (χ3v) is 5.90. The summed E-state index contributed by atoms with van der Waals surface area (Å²) in [5.74, 6) is -0.0636. The van der Waals surface area contributed by atoms with E-state index in [1.807, 2.05) is 32.7 Å². The van der Waals surface area contributed by atoms with Crippen molar-refractivity contribution in [2.75, 3.05) is 13.6 Å². The normalized spacial score (nSPS) is 12.0. The molecule has 0 aliphatic carbocycles. The first kappa shape index (κ1) is 32.7. The van der Waals surface area contributed by atoms with Crippen LogP contribution < -0.4 is 11.1 Å². The molecule has 0 spiro atoms. The topological polar surface area (TPSA) is 75.4 Å². The average molecular weight is 454 g/mol. The molecule has 0 heterocycles. The third-order valence-electron chi connectivity index (χ3n) is 5.90. The SMILES string of the molecule is CC.CCCCCCCCCCCCCCCC(=O)NC(C/C(=C/N)N(C)CC)C(C)=O. The molecule has 1 unspecified atom stereocenters. The van der Waals surface area contributed by atoms with Crippen molar-refractivity contribution in [2.45, 2.75) is 137 Å². The minimum atomic E-state index is -0.497. The van der Waals surface area contributed by atoms with Crippen LogP contribution in [0, 0.1) is 0 Å². The molecule has 0 aliphatic rings. The highest BCUT2D eigenvalue weighted by Crippen LogP contribution is 2.13. The number of amides is 1. The predicted octanol–water partition coefficient (Wildman–Crippen LogP) is 6.71. The number of Topliss-reactive ketones (excluding diaryl/α,β-unsaturated/α-hetero) is 1. The number of nitrogens with one attached hydrogen (secondary N) is 1. The van der Waals surface area contributed by atoms with Crippen molar-refractivity contribution in [3.05, 3.63) is 11.9 Å². The standard InChI is InChI=1S/C25H49N3O2.C2H6/c1-5-7-8-9-10-11-12-13-14-15-16-17-18-19-25(30)27-24(22(3)29)20-23(21-26)28(4)6-2;1-2/h21,24H,5-20,26H2,1-4H3,(H,27,30);1-2H3/b23-21-;. The molecule has 1 amide bonds. The van der Waals surface area contributed by atoms with Crippen molar-refractivity contribution >= 4 is 11.7 Å². The van der Waals surface area contributed by atoms with E-state index in [4.69, 9.17) is 5.73 Å². The highest BCUT2D eigenvalue weighted by Gasteiger charge is 2.19. The molecule has 0 aromatic heterocycles. The Labute approximate surface area is 200 Å². The van der Waals surface area contributed by atoms with E-state index in [-0.39, 0.29) is 11.7 Å². The van der Waals surface area contributed by atoms with Gasteiger partial charge in [-0.3, -0.25) is 9.59 Å². The van der Waals surface area contributed by atoms with Gasteiger partial charge in [0, 0.05) is 38.3 Å². The van der Waals surface area contributed by atoms with Gasteiger partial charge in [-0.05, 0) is 20.3 Å². The fraction of sp³-hybridized carbons (Fsp3) is 0.852. The van der Waals surface area contributed by atoms with E-state index in [1.165, 1.54) is 83.8 Å². The van der Waals surface area contributed by atoms with Gasteiger partial charge < -0.3 is 16.0 Å². The minimum Gasteiger partial charge on any atom is -0.403 e. The lowest BCUT2D eigenvalue weighted by Gasteiger charge is -2.24. The molecule has 0 rings (SSSR count). The number of carbonyl (C=O) groups excluding carboxylic acids is 2. The van der Waals surface area contributed by atoms with Crippen molar-refractivity contribution < 1.29 is 9.59 Å². The predicted molar refractivity (Wildman–Crippen MR) is 139 cm³/mol. The van der Waals surface area contributed by atoms with Crippen molar-refractivity contribution in [1.82, 2.24) is 10.2 Å². The van der Waals surface area contributed by atoms with Gasteiger partial charge in [-0.1, -0.05) is 97.8 Å². The van der Waals surface area contributed by atoms with Crippen molar-refractivity contribution in [3.8, 4) is 0 Å². The van der Waals surface area contributed by atoms with Crippen LogP contribution >= 0.6 is 0 Å². The Bertz CT molecular complexity index is 478. The second-order valence-corrected chi connectivity index (χ2v) is 8.60. The van der Waals surface area contributed by atoms with E-state index in [9.17, 15) is 9.59 Å². The molecule has 0 fully saturated rings. The van der Waals surface area contributed by atoms with E-state index in [1.54, 1.807) is 0 Å². The maximum atomic E-state index is 12.2. The van der Waals surface area contributed by atoms with Gasteiger partial charge in [0.25, 0.3) is 0 Å². The van der Waals surface area contributed by atoms with E-state index in [0.29, 0.717) is 12.8 Å². The number of ketones is 1. The first-order chi connectivity index (χ1) is 15.5. The summed E-state index contributed by atoms with van der Waals surface area (Å²) in [6.07, 6.45) is 19.2. The van der Waals surface area contributed by atoms with Crippen LogP contribution in [0.4, 0.5) is 0 Å². The van der Waals surface area contributed by atoms with Gasteiger partial charge in [-0.15, -0.1) is 0 Å². The molecule has 1 atom stereocenters. The number of nitrogens with two attached hydrogens (primary N) is 1. The van der Waals surface area contributed by atoms with E-state index in [2.05, 4.69) is 12.2 Å². The zero-order valence-electron chi connectivity index (χ0n) is 22.3. The van der Waals surface area contributed by atoms with Crippen LogP contribution in [-0.2, 0) is 9.59 Å². The van der Waals surface area contributed by atoms with Crippen molar-refractivity contribution in [2.24, 2.45) is 5.73 Å². The lowest BCUT2D eigenvalue weighted by molar-refractivity contribution is -0.127. The summed E-state index contributed by atoms with van der Waals surface area (Å²) in [4.78, 5) is 26.2. The number of unbranched alkanes of at least 4 members (excludes halogenated alkanes) is 12. The van der Waals surface area contributed by atoms with E-state index in [0.717, 1.165) is 25.1 Å². The summed E-state index contributed by atoms with van der Waals surface area (Å²) >= 11 is 0. The summed E-state index contributed by atoms with van der Waals surface area (Å²) < 4.78 is 0. The molecule has 190 valence electrons. The Hall–Kier alpha value is -1.52. The summed E-state index contributed by atoms with van der Waals surface area (Å²) in [5.41, 5.74) is 6.56. The second kappa shape index (κ2) is 24.1. The molecule has 0 aromatic carbocycles. The van der Waals surface area contributed by atoms with Crippen LogP contribution in [0.15, 0.2) is 11.9 Å². The number of rotatable bonds is 20. The Morgan fingerprint density at radius 2 is 1.28 bits per heavy atom. The number of hydrogen-bond donors (Lipinski definition) is 2. The van der Waals surface area contributed by atoms with Gasteiger partial charge in [0.05, 0.1) is 6.04 Å². The highest BCUT2D eigenvalue weighted by atomic mass is 16.2. The molecule has 5 nitrogen and oxygen atoms in total. The van der Waals surface area contributed by atoms with Gasteiger partial charge in [0.1, 0.15) is 0 Å². The van der Waals surface area contributed by atoms with Gasteiger partial charge in [0.2, 0.25) is 5.91 Å². The Balaban J connectivity index is 0. The monoisotopic (exact) mass is 453 g/mol. The molecular formula is C27H55N3O2. The average Bonchev–Trinajstić information content (AvgIpc) is 2.80. The minimum absolute atomic E-state index is 0.0300. The van der Waals surface area contributed by atoms with Crippen LogP contribution in [0.5, 0.6) is 0 Å². The maximum Gasteiger partial charge on any atom is 0.220 e. The first-order valence-electron chi connectivity index (χ1n) is 13.4. The molecule has 3 N–H and O–H groups in total. The summed E-state index contributed by atoms with van der Waals surface area (Å²) in [5, 5.41) is 2.89. The smallest absolute Gasteiger partial charge is 0.220 e. The molecular weight excluding hydrogens is 398 g/mol. The second-order valence-electron chi connectivity index (χ2n) is 8.60. The number of carbonyl (C=O) groups is 2. The number of hydrogen-bond acceptors (Lipinski definition) is 4. The van der Waals surface area contributed by atoms with Crippen LogP contribution in [-0.4, -0.2) is 36.2 Å². The molecule has 0 radical (unpaired) electrons. The van der Waals surface area contributed by atoms with Crippen LogP contribution in [0.25, 0.3) is 0 Å². The molecule has 0 saturated carbocycles. The van der Waals surface area contributed by atoms with Crippen molar-refractivity contribution in [3.63, 3.8) is 0 Å². The largest absolute Gasteiger partial charge is 0.403 e. The highest BCUT2D eigenvalue weighted by molar-refractivity contribution is 5.87. The molecule has 0 bridgehead atoms. The fourth-order valence-corrected chi connectivity index (χ4v) is 3.63. The van der Waals surface area contributed by atoms with Gasteiger partial charge in [-0.2, -0.15) is 0 Å². The molecule has 0 saturated heterocycles. The Kier molecular flexibility index (Phi) is 24.6. The van der Waals surface area contributed by atoms with Crippen LogP contribution in [0.3, 0.4) is 0 Å². The van der Waals surface area contributed by atoms with Crippen molar-refractivity contribution in [1.29, 1.82) is 0 Å². The molecule has 5 heteroatoms. The quantitative estimate of drug-likeness (QED) is 0.201. The number of nitrogens with zero attached hydrogens (tertiary/aromatic N) is 1. The van der Waals surface area contributed by atoms with Gasteiger partial charge in [0.15, 0.2) is 5.78 Å². The Morgan fingerprint density at radius 3 is 1.66 bits per heavy atom. The van der Waals surface area contributed by atoms with Gasteiger partial charge in [-0.25, -0.2) is 0 Å². The van der Waals surface area contributed by atoms with Gasteiger partial charge >= 0.3 is 0 Å². The fourth-order valence-electron chi connectivity index (χ4n) is 3.63. The maximum absolute atomic E-state index is 12.2. The summed E-state index contributed by atoms with van der Waals surface area (Å²) in [6, 6.07) is -0.497. The summed E-state index contributed by atoms with van der Waals surface area (Å²) in [7, 11) is 1.94. The van der Waals surface area contributed by atoms with E-state index >= 15 is 0 Å². The summed E-state index contributed by atoms with van der Waals surface area (Å²) in [6.45, 7) is 10.6. The van der Waals surface area contributed by atoms with Crippen LogP contribution in [0.1, 0.15) is 131 Å². The zero-order chi connectivity index (χ0) is 24.6.